The van der Waals surface area contributed by atoms with E-state index in [-0.39, 0.29) is 5.84 Å². The highest BCUT2D eigenvalue weighted by molar-refractivity contribution is 5.97. The van der Waals surface area contributed by atoms with Crippen LogP contribution in [0.25, 0.3) is 0 Å². The molecule has 0 aromatic heterocycles. The normalized spacial score (nSPS) is 24.0. The monoisotopic (exact) mass is 291 g/mol. The molecule has 2 rings (SSSR count). The van der Waals surface area contributed by atoms with Crippen LogP contribution in [-0.4, -0.2) is 36.1 Å². The summed E-state index contributed by atoms with van der Waals surface area (Å²) in [6.07, 6.45) is 1.23. The van der Waals surface area contributed by atoms with E-state index in [0.717, 1.165) is 36.9 Å². The van der Waals surface area contributed by atoms with Gasteiger partial charge in [-0.2, -0.15) is 0 Å². The first-order valence-corrected chi connectivity index (χ1v) is 7.42. The lowest BCUT2D eigenvalue weighted by Crippen LogP contribution is -2.37. The van der Waals surface area contributed by atoms with Crippen LogP contribution in [0, 0.1) is 11.8 Å². The number of benzene rings is 1. The van der Waals surface area contributed by atoms with E-state index in [1.807, 2.05) is 12.1 Å². The maximum Gasteiger partial charge on any atom is 0.170 e. The Kier molecular flexibility index (Phi) is 5.07. The lowest BCUT2D eigenvalue weighted by Gasteiger charge is -2.35. The summed E-state index contributed by atoms with van der Waals surface area (Å²) >= 11 is 0. The first-order valence-electron chi connectivity index (χ1n) is 7.42. The van der Waals surface area contributed by atoms with Crippen molar-refractivity contribution < 1.29 is 9.94 Å². The van der Waals surface area contributed by atoms with E-state index >= 15 is 0 Å². The first kappa shape index (κ1) is 15.6. The second-order valence-corrected chi connectivity index (χ2v) is 5.99. The molecule has 1 aromatic rings. The summed E-state index contributed by atoms with van der Waals surface area (Å²) in [5.41, 5.74) is 7.46. The largest absolute Gasteiger partial charge is 0.496 e. The van der Waals surface area contributed by atoms with E-state index in [4.69, 9.17) is 15.7 Å². The topological polar surface area (TPSA) is 71.1 Å². The van der Waals surface area contributed by atoms with E-state index in [2.05, 4.69) is 23.9 Å². The molecular weight excluding hydrogens is 266 g/mol. The Morgan fingerprint density at radius 2 is 2.19 bits per heavy atom. The second kappa shape index (κ2) is 6.80. The van der Waals surface area contributed by atoms with Crippen molar-refractivity contribution in [1.29, 1.82) is 0 Å². The van der Waals surface area contributed by atoms with Crippen LogP contribution in [0.1, 0.15) is 31.4 Å². The molecule has 0 spiro atoms. The smallest absolute Gasteiger partial charge is 0.170 e. The quantitative estimate of drug-likeness (QED) is 0.386. The molecule has 116 valence electrons. The summed E-state index contributed by atoms with van der Waals surface area (Å²) in [5.74, 6) is 2.46. The summed E-state index contributed by atoms with van der Waals surface area (Å²) in [6, 6.07) is 5.62. The van der Waals surface area contributed by atoms with Gasteiger partial charge in [-0.15, -0.1) is 0 Å². The molecule has 0 bridgehead atoms. The van der Waals surface area contributed by atoms with E-state index < -0.39 is 0 Å². The lowest BCUT2D eigenvalue weighted by molar-refractivity contribution is 0.131. The minimum Gasteiger partial charge on any atom is -0.496 e. The molecule has 1 aromatic carbocycles. The number of ether oxygens (including phenoxy) is 1. The molecule has 0 amide bonds. The number of nitrogens with zero attached hydrogens (tertiary/aromatic N) is 2. The number of rotatable bonds is 4. The summed E-state index contributed by atoms with van der Waals surface area (Å²) in [5, 5.41) is 11.9. The van der Waals surface area contributed by atoms with Crippen molar-refractivity contribution in [3.05, 3.63) is 29.3 Å². The summed E-state index contributed by atoms with van der Waals surface area (Å²) in [4.78, 5) is 2.44. The number of oxime groups is 1. The Morgan fingerprint density at radius 3 is 2.81 bits per heavy atom. The highest BCUT2D eigenvalue weighted by atomic mass is 16.5. The van der Waals surface area contributed by atoms with Crippen LogP contribution < -0.4 is 10.5 Å². The average molecular weight is 291 g/mol. The molecule has 0 saturated carbocycles. The van der Waals surface area contributed by atoms with Gasteiger partial charge in [0.15, 0.2) is 5.84 Å². The molecule has 5 heteroatoms. The maximum absolute atomic E-state index is 8.81. The van der Waals surface area contributed by atoms with Crippen molar-refractivity contribution >= 4 is 5.84 Å². The van der Waals surface area contributed by atoms with Gasteiger partial charge in [-0.1, -0.05) is 19.0 Å². The molecule has 0 radical (unpaired) electrons. The van der Waals surface area contributed by atoms with E-state index in [0.29, 0.717) is 11.5 Å². The van der Waals surface area contributed by atoms with Gasteiger partial charge in [0.2, 0.25) is 0 Å². The Morgan fingerprint density at radius 1 is 1.43 bits per heavy atom. The number of piperidine rings is 1. The zero-order chi connectivity index (χ0) is 15.4. The lowest BCUT2D eigenvalue weighted by atomic mass is 9.88. The number of hydrogen-bond acceptors (Lipinski definition) is 4. The average Bonchev–Trinajstić information content (AvgIpc) is 2.50. The van der Waals surface area contributed by atoms with Gasteiger partial charge >= 0.3 is 0 Å². The van der Waals surface area contributed by atoms with Crippen LogP contribution in [0.3, 0.4) is 0 Å². The number of hydrogen-bond donors (Lipinski definition) is 2. The van der Waals surface area contributed by atoms with Crippen molar-refractivity contribution in [2.75, 3.05) is 20.2 Å². The summed E-state index contributed by atoms with van der Waals surface area (Å²) in [7, 11) is 1.67. The molecule has 1 heterocycles. The number of methoxy groups -OCH3 is 1. The van der Waals surface area contributed by atoms with Gasteiger partial charge in [0.05, 0.1) is 7.11 Å². The van der Waals surface area contributed by atoms with Crippen molar-refractivity contribution in [3.8, 4) is 5.75 Å². The third kappa shape index (κ3) is 3.67. The fourth-order valence-electron chi connectivity index (χ4n) is 2.85. The molecule has 3 N–H and O–H groups in total. The first-order chi connectivity index (χ1) is 10.0. The zero-order valence-corrected chi connectivity index (χ0v) is 13.0. The van der Waals surface area contributed by atoms with Gasteiger partial charge < -0.3 is 15.7 Å². The van der Waals surface area contributed by atoms with Gasteiger partial charge in [0.1, 0.15) is 5.75 Å². The minimum atomic E-state index is 0.125. The standard InChI is InChI=1S/C16H25N3O2/c1-11-6-7-19(9-12(11)2)10-14-8-13(16(17)18-20)4-5-15(14)21-3/h4-5,8,11-12,20H,6-7,9-10H2,1-3H3,(H2,17,18). The van der Waals surface area contributed by atoms with Crippen molar-refractivity contribution in [1.82, 2.24) is 4.90 Å². The van der Waals surface area contributed by atoms with Gasteiger partial charge in [-0.25, -0.2) is 0 Å². The van der Waals surface area contributed by atoms with E-state index in [1.165, 1.54) is 6.42 Å². The summed E-state index contributed by atoms with van der Waals surface area (Å²) < 4.78 is 5.43. The molecule has 0 aliphatic carbocycles. The van der Waals surface area contributed by atoms with Crippen molar-refractivity contribution in [2.45, 2.75) is 26.8 Å². The molecule has 2 atom stereocenters. The van der Waals surface area contributed by atoms with Crippen LogP contribution in [-0.2, 0) is 6.54 Å². The SMILES string of the molecule is COc1ccc(/C(N)=N/O)cc1CN1CCC(C)C(C)C1. The molecule has 5 nitrogen and oxygen atoms in total. The molecule has 1 aliphatic rings. The Bertz CT molecular complexity index is 516. The van der Waals surface area contributed by atoms with E-state index in [1.54, 1.807) is 13.2 Å². The van der Waals surface area contributed by atoms with Gasteiger partial charge in [-0.3, -0.25) is 4.90 Å². The van der Waals surface area contributed by atoms with Gasteiger partial charge in [-0.05, 0) is 43.0 Å². The number of nitrogens with two attached hydrogens (primary N) is 1. The molecule has 2 unspecified atom stereocenters. The predicted octanol–water partition coefficient (Wildman–Crippen LogP) is 2.27. The second-order valence-electron chi connectivity index (χ2n) is 5.99. The molecule has 1 saturated heterocycles. The van der Waals surface area contributed by atoms with Crippen LogP contribution >= 0.6 is 0 Å². The Labute approximate surface area is 126 Å². The predicted molar refractivity (Wildman–Crippen MR) is 83.7 cm³/mol. The van der Waals surface area contributed by atoms with Crippen molar-refractivity contribution in [3.63, 3.8) is 0 Å². The third-order valence-corrected chi connectivity index (χ3v) is 4.50. The molecule has 1 fully saturated rings. The van der Waals surface area contributed by atoms with E-state index in [9.17, 15) is 0 Å². The summed E-state index contributed by atoms with van der Waals surface area (Å²) in [6.45, 7) is 7.65. The van der Waals surface area contributed by atoms with Gasteiger partial charge in [0, 0.05) is 24.2 Å². The van der Waals surface area contributed by atoms with Crippen LogP contribution in [0.4, 0.5) is 0 Å². The fraction of sp³-hybridized carbons (Fsp3) is 0.562. The number of likely N-dealkylation sites (tertiary alicyclic amines) is 1. The third-order valence-electron chi connectivity index (χ3n) is 4.50. The van der Waals surface area contributed by atoms with Gasteiger partial charge in [0.25, 0.3) is 0 Å². The molecular formula is C16H25N3O2. The van der Waals surface area contributed by atoms with Crippen molar-refractivity contribution in [2.24, 2.45) is 22.7 Å². The highest BCUT2D eigenvalue weighted by Gasteiger charge is 2.23. The molecule has 1 aliphatic heterocycles. The number of amidine groups is 1. The van der Waals surface area contributed by atoms with Crippen LogP contribution in [0.2, 0.25) is 0 Å². The highest BCUT2D eigenvalue weighted by Crippen LogP contribution is 2.27. The minimum absolute atomic E-state index is 0.125. The molecule has 21 heavy (non-hydrogen) atoms. The maximum atomic E-state index is 8.81. The fourth-order valence-corrected chi connectivity index (χ4v) is 2.85. The Balaban J connectivity index is 2.18. The van der Waals surface area contributed by atoms with Crippen LogP contribution in [0.5, 0.6) is 5.75 Å². The van der Waals surface area contributed by atoms with Crippen LogP contribution in [0.15, 0.2) is 23.4 Å². The zero-order valence-electron chi connectivity index (χ0n) is 13.0. The Hall–Kier alpha value is -1.75.